The van der Waals surface area contributed by atoms with Gasteiger partial charge in [0.15, 0.2) is 0 Å². The maximum atomic E-state index is 12.1. The first kappa shape index (κ1) is 16.5. The zero-order valence-corrected chi connectivity index (χ0v) is 12.5. The third-order valence-electron chi connectivity index (χ3n) is 2.33. The van der Waals surface area contributed by atoms with E-state index in [-0.39, 0.29) is 22.0 Å². The molecule has 1 aromatic rings. The van der Waals surface area contributed by atoms with Crippen LogP contribution in [-0.4, -0.2) is 35.6 Å². The SMILES string of the molecule is CC(CS(C)=O)NS(=O)(=O)c1ccc([N+](=O)[O-])cc1N. The molecule has 2 atom stereocenters. The Morgan fingerprint density at radius 3 is 2.55 bits per heavy atom. The molecule has 0 fully saturated rings. The lowest BCUT2D eigenvalue weighted by Gasteiger charge is -2.14. The molecule has 0 saturated heterocycles. The minimum absolute atomic E-state index is 0.159. The Morgan fingerprint density at radius 2 is 2.10 bits per heavy atom. The summed E-state index contributed by atoms with van der Waals surface area (Å²) in [6.45, 7) is 1.57. The predicted molar refractivity (Wildman–Crippen MR) is 76.2 cm³/mol. The number of nitrogens with zero attached hydrogens (tertiary/aromatic N) is 1. The van der Waals surface area contributed by atoms with Gasteiger partial charge in [-0.2, -0.15) is 0 Å². The molecule has 20 heavy (non-hydrogen) atoms. The molecule has 0 radical (unpaired) electrons. The van der Waals surface area contributed by atoms with Crippen LogP contribution in [-0.2, 0) is 20.8 Å². The van der Waals surface area contributed by atoms with E-state index in [0.29, 0.717) is 0 Å². The molecule has 0 aliphatic rings. The fourth-order valence-electron chi connectivity index (χ4n) is 1.61. The zero-order chi connectivity index (χ0) is 15.5. The Kier molecular flexibility index (Phi) is 5.20. The number of nitrogens with two attached hydrogens (primary N) is 1. The summed E-state index contributed by atoms with van der Waals surface area (Å²) in [6, 6.07) is 2.58. The zero-order valence-electron chi connectivity index (χ0n) is 10.9. The summed E-state index contributed by atoms with van der Waals surface area (Å²) in [5.74, 6) is 0.159. The highest BCUT2D eigenvalue weighted by atomic mass is 32.2. The van der Waals surface area contributed by atoms with Gasteiger partial charge in [-0.1, -0.05) is 0 Å². The molecule has 0 bridgehead atoms. The highest BCUT2D eigenvalue weighted by Crippen LogP contribution is 2.23. The Balaban J connectivity index is 3.04. The Labute approximate surface area is 119 Å². The molecule has 1 aromatic carbocycles. The monoisotopic (exact) mass is 321 g/mol. The third-order valence-corrected chi connectivity index (χ3v) is 4.97. The molecule has 0 saturated carbocycles. The lowest BCUT2D eigenvalue weighted by molar-refractivity contribution is -0.384. The number of nitro groups is 1. The van der Waals surface area contributed by atoms with E-state index in [1.54, 1.807) is 6.92 Å². The number of hydrogen-bond donors (Lipinski definition) is 2. The molecule has 0 aliphatic heterocycles. The van der Waals surface area contributed by atoms with Gasteiger partial charge in [0.05, 0.1) is 10.6 Å². The van der Waals surface area contributed by atoms with Crippen molar-refractivity contribution < 1.29 is 17.6 Å². The van der Waals surface area contributed by atoms with Gasteiger partial charge in [0.25, 0.3) is 5.69 Å². The van der Waals surface area contributed by atoms with Gasteiger partial charge in [0, 0.05) is 41.0 Å². The van der Waals surface area contributed by atoms with E-state index >= 15 is 0 Å². The summed E-state index contributed by atoms with van der Waals surface area (Å²) in [4.78, 5) is 9.66. The van der Waals surface area contributed by atoms with Crippen molar-refractivity contribution in [2.75, 3.05) is 17.7 Å². The summed E-state index contributed by atoms with van der Waals surface area (Å²) < 4.78 is 37.5. The van der Waals surface area contributed by atoms with Crippen molar-refractivity contribution in [1.82, 2.24) is 4.72 Å². The van der Waals surface area contributed by atoms with E-state index in [9.17, 15) is 22.7 Å². The molecule has 0 aliphatic carbocycles. The van der Waals surface area contributed by atoms with Gasteiger partial charge in [0.2, 0.25) is 10.0 Å². The summed E-state index contributed by atoms with van der Waals surface area (Å²) in [5, 5.41) is 10.6. The maximum Gasteiger partial charge on any atom is 0.271 e. The number of anilines is 1. The predicted octanol–water partition coefficient (Wildman–Crippen LogP) is 0.222. The minimum Gasteiger partial charge on any atom is -0.397 e. The van der Waals surface area contributed by atoms with Gasteiger partial charge in [-0.05, 0) is 13.0 Å². The van der Waals surface area contributed by atoms with Crippen LogP contribution in [0, 0.1) is 10.1 Å². The van der Waals surface area contributed by atoms with Crippen LogP contribution in [0.5, 0.6) is 0 Å². The summed E-state index contributed by atoms with van der Waals surface area (Å²) in [7, 11) is -5.06. The molecule has 8 nitrogen and oxygen atoms in total. The first-order valence-corrected chi connectivity index (χ1v) is 8.71. The van der Waals surface area contributed by atoms with Gasteiger partial charge in [-0.25, -0.2) is 13.1 Å². The Bertz CT molecular complexity index is 644. The fourth-order valence-corrected chi connectivity index (χ4v) is 3.86. The number of nitro benzene ring substituents is 1. The second-order valence-corrected chi connectivity index (χ2v) is 7.40. The molecule has 0 aromatic heterocycles. The fraction of sp³-hybridized carbons (Fsp3) is 0.400. The molecular formula is C10H15N3O5S2. The Morgan fingerprint density at radius 1 is 1.50 bits per heavy atom. The van der Waals surface area contributed by atoms with Crippen LogP contribution in [0.3, 0.4) is 0 Å². The topological polar surface area (TPSA) is 132 Å². The second kappa shape index (κ2) is 6.29. The minimum atomic E-state index is -3.91. The first-order valence-electron chi connectivity index (χ1n) is 5.49. The van der Waals surface area contributed by atoms with Crippen LogP contribution >= 0.6 is 0 Å². The van der Waals surface area contributed by atoms with Crippen LogP contribution in [0.4, 0.5) is 11.4 Å². The molecule has 3 N–H and O–H groups in total. The lowest BCUT2D eigenvalue weighted by atomic mass is 10.3. The molecular weight excluding hydrogens is 306 g/mol. The van der Waals surface area contributed by atoms with Gasteiger partial charge >= 0.3 is 0 Å². The van der Waals surface area contributed by atoms with Crippen LogP contribution in [0.15, 0.2) is 23.1 Å². The summed E-state index contributed by atoms with van der Waals surface area (Å²) in [6.07, 6.45) is 1.46. The molecule has 2 unspecified atom stereocenters. The van der Waals surface area contributed by atoms with E-state index < -0.39 is 31.8 Å². The molecule has 0 amide bonds. The summed E-state index contributed by atoms with van der Waals surface area (Å²) in [5.41, 5.74) is 5.04. The standard InChI is InChI=1S/C10H15N3O5S2/c1-7(6-19(2)16)12-20(17,18)10-4-3-8(13(14)15)5-9(10)11/h3-5,7,12H,6,11H2,1-2H3. The van der Waals surface area contributed by atoms with Crippen LogP contribution < -0.4 is 10.5 Å². The van der Waals surface area contributed by atoms with E-state index in [4.69, 9.17) is 5.73 Å². The molecule has 0 spiro atoms. The van der Waals surface area contributed by atoms with E-state index in [1.807, 2.05) is 0 Å². The Hall–Kier alpha value is -1.52. The van der Waals surface area contributed by atoms with Gasteiger partial charge in [-0.3, -0.25) is 14.3 Å². The number of sulfonamides is 1. The van der Waals surface area contributed by atoms with Crippen LogP contribution in [0.1, 0.15) is 6.92 Å². The quantitative estimate of drug-likeness (QED) is 0.437. The highest BCUT2D eigenvalue weighted by Gasteiger charge is 2.22. The normalized spacial score (nSPS) is 14.7. The highest BCUT2D eigenvalue weighted by molar-refractivity contribution is 7.89. The van der Waals surface area contributed by atoms with Crippen molar-refractivity contribution >= 4 is 32.2 Å². The van der Waals surface area contributed by atoms with E-state index in [2.05, 4.69) is 4.72 Å². The maximum absolute atomic E-state index is 12.1. The third kappa shape index (κ3) is 4.25. The molecule has 112 valence electrons. The summed E-state index contributed by atoms with van der Waals surface area (Å²) >= 11 is 0. The van der Waals surface area contributed by atoms with Crippen molar-refractivity contribution in [2.24, 2.45) is 0 Å². The molecule has 0 heterocycles. The number of nitrogens with one attached hydrogen (secondary N) is 1. The number of hydrogen-bond acceptors (Lipinski definition) is 6. The van der Waals surface area contributed by atoms with Crippen molar-refractivity contribution in [1.29, 1.82) is 0 Å². The van der Waals surface area contributed by atoms with Crippen LogP contribution in [0.2, 0.25) is 0 Å². The van der Waals surface area contributed by atoms with Crippen molar-refractivity contribution in [2.45, 2.75) is 17.9 Å². The average molecular weight is 321 g/mol. The van der Waals surface area contributed by atoms with Crippen molar-refractivity contribution in [3.05, 3.63) is 28.3 Å². The van der Waals surface area contributed by atoms with Gasteiger partial charge in [-0.15, -0.1) is 0 Å². The van der Waals surface area contributed by atoms with Crippen molar-refractivity contribution in [3.63, 3.8) is 0 Å². The van der Waals surface area contributed by atoms with Gasteiger partial charge < -0.3 is 5.73 Å². The van der Waals surface area contributed by atoms with Crippen molar-refractivity contribution in [3.8, 4) is 0 Å². The second-order valence-electron chi connectivity index (χ2n) is 4.24. The van der Waals surface area contributed by atoms with Crippen LogP contribution in [0.25, 0.3) is 0 Å². The number of rotatable bonds is 6. The first-order chi connectivity index (χ1) is 9.13. The van der Waals surface area contributed by atoms with Gasteiger partial charge in [0.1, 0.15) is 4.90 Å². The smallest absolute Gasteiger partial charge is 0.271 e. The van der Waals surface area contributed by atoms with E-state index in [0.717, 1.165) is 18.2 Å². The number of non-ortho nitro benzene ring substituents is 1. The average Bonchev–Trinajstić information content (AvgIpc) is 2.25. The molecule has 10 heteroatoms. The number of benzene rings is 1. The van der Waals surface area contributed by atoms with E-state index in [1.165, 1.54) is 6.26 Å². The number of nitrogen functional groups attached to an aromatic ring is 1. The lowest BCUT2D eigenvalue weighted by Crippen LogP contribution is -2.36. The molecule has 1 rings (SSSR count). The largest absolute Gasteiger partial charge is 0.397 e.